The SMILES string of the molecule is CCSc1cccc(NC(=O)N(Cc2ccc(C(=O)NC[C@@H](O)C(=O)O)cc2)c2ccc(C3CCCCC3)cc2)c1. The van der Waals surface area contributed by atoms with Crippen molar-refractivity contribution >= 4 is 41.0 Å². The van der Waals surface area contributed by atoms with E-state index in [0.717, 1.165) is 21.9 Å². The number of anilines is 2. The standard InChI is InChI=1S/C32H37N3O5S/c1-2-41-28-10-6-9-26(19-28)34-32(40)35(27-17-15-24(16-18-27)23-7-4-3-5-8-23)21-22-11-13-25(14-12-22)30(37)33-20-29(36)31(38)39/h6,9-19,23,29,36H,2-5,7-8,20-21H2,1H3,(H,33,37)(H,34,40)(H,38,39)/t29-/m1/s1. The van der Waals surface area contributed by atoms with E-state index in [1.165, 1.54) is 37.7 Å². The average molecular weight is 576 g/mol. The van der Waals surface area contributed by atoms with E-state index >= 15 is 0 Å². The van der Waals surface area contributed by atoms with Crippen LogP contribution in [0.2, 0.25) is 0 Å². The summed E-state index contributed by atoms with van der Waals surface area (Å²) in [5.41, 5.74) is 3.93. The Kier molecular flexibility index (Phi) is 10.8. The number of hydrogen-bond acceptors (Lipinski definition) is 5. The lowest BCUT2D eigenvalue weighted by Gasteiger charge is -2.26. The van der Waals surface area contributed by atoms with Gasteiger partial charge in [-0.2, -0.15) is 0 Å². The molecule has 0 aliphatic heterocycles. The second-order valence-electron chi connectivity index (χ2n) is 10.2. The zero-order valence-corrected chi connectivity index (χ0v) is 24.0. The van der Waals surface area contributed by atoms with Crippen LogP contribution in [-0.2, 0) is 11.3 Å². The quantitative estimate of drug-likeness (QED) is 0.200. The molecule has 1 aliphatic carbocycles. The molecule has 216 valence electrons. The minimum Gasteiger partial charge on any atom is -0.479 e. The lowest BCUT2D eigenvalue weighted by molar-refractivity contribution is -0.146. The normalized spacial score (nSPS) is 14.2. The number of aliphatic carboxylic acids is 1. The average Bonchev–Trinajstić information content (AvgIpc) is 2.99. The number of rotatable bonds is 11. The number of hydrogen-bond donors (Lipinski definition) is 4. The first-order valence-corrected chi connectivity index (χ1v) is 15.0. The first-order valence-electron chi connectivity index (χ1n) is 14.0. The van der Waals surface area contributed by atoms with Gasteiger partial charge in [-0.05, 0) is 78.1 Å². The fourth-order valence-electron chi connectivity index (χ4n) is 4.99. The highest BCUT2D eigenvalue weighted by Crippen LogP contribution is 2.33. The van der Waals surface area contributed by atoms with E-state index < -0.39 is 24.5 Å². The summed E-state index contributed by atoms with van der Waals surface area (Å²) >= 11 is 1.71. The summed E-state index contributed by atoms with van der Waals surface area (Å²) in [5.74, 6) is -0.393. The third-order valence-electron chi connectivity index (χ3n) is 7.22. The van der Waals surface area contributed by atoms with Gasteiger partial charge in [0.2, 0.25) is 0 Å². The lowest BCUT2D eigenvalue weighted by Crippen LogP contribution is -2.36. The summed E-state index contributed by atoms with van der Waals surface area (Å²) in [6.45, 7) is 1.97. The molecule has 0 heterocycles. The Labute approximate surface area is 245 Å². The molecule has 0 spiro atoms. The Morgan fingerprint density at radius 1 is 0.976 bits per heavy atom. The maximum Gasteiger partial charge on any atom is 0.334 e. The zero-order valence-electron chi connectivity index (χ0n) is 23.2. The van der Waals surface area contributed by atoms with Gasteiger partial charge in [0.1, 0.15) is 0 Å². The molecule has 0 bridgehead atoms. The molecule has 3 aromatic rings. The summed E-state index contributed by atoms with van der Waals surface area (Å²) in [7, 11) is 0. The molecule has 8 nitrogen and oxygen atoms in total. The van der Waals surface area contributed by atoms with Gasteiger partial charge in [-0.25, -0.2) is 9.59 Å². The van der Waals surface area contributed by atoms with Crippen LogP contribution in [0.5, 0.6) is 0 Å². The number of carboxylic acids is 1. The van der Waals surface area contributed by atoms with Crippen molar-refractivity contribution in [2.24, 2.45) is 0 Å². The number of nitrogens with one attached hydrogen (secondary N) is 2. The van der Waals surface area contributed by atoms with Crippen molar-refractivity contribution in [1.82, 2.24) is 5.32 Å². The van der Waals surface area contributed by atoms with Crippen LogP contribution >= 0.6 is 11.8 Å². The molecule has 1 saturated carbocycles. The van der Waals surface area contributed by atoms with Gasteiger partial charge < -0.3 is 20.8 Å². The second-order valence-corrected chi connectivity index (χ2v) is 11.5. The predicted octanol–water partition coefficient (Wildman–Crippen LogP) is 6.26. The van der Waals surface area contributed by atoms with Crippen molar-refractivity contribution in [1.29, 1.82) is 0 Å². The zero-order chi connectivity index (χ0) is 29.2. The number of carbonyl (C=O) groups is 3. The number of aliphatic hydroxyl groups is 1. The molecule has 4 N–H and O–H groups in total. The number of carboxylic acid groups (broad SMARTS) is 1. The fourth-order valence-corrected chi connectivity index (χ4v) is 5.71. The summed E-state index contributed by atoms with van der Waals surface area (Å²) < 4.78 is 0. The minimum absolute atomic E-state index is 0.265. The molecular weight excluding hydrogens is 538 g/mol. The third-order valence-corrected chi connectivity index (χ3v) is 8.10. The largest absolute Gasteiger partial charge is 0.479 e. The van der Waals surface area contributed by atoms with E-state index in [2.05, 4.69) is 29.7 Å². The summed E-state index contributed by atoms with van der Waals surface area (Å²) in [5, 5.41) is 23.7. The smallest absolute Gasteiger partial charge is 0.334 e. The van der Waals surface area contributed by atoms with Gasteiger partial charge in [-0.15, -0.1) is 11.8 Å². The molecule has 1 aliphatic rings. The van der Waals surface area contributed by atoms with Crippen molar-refractivity contribution < 1.29 is 24.6 Å². The molecule has 4 rings (SSSR count). The van der Waals surface area contributed by atoms with Gasteiger partial charge >= 0.3 is 12.0 Å². The first-order chi connectivity index (χ1) is 19.8. The Morgan fingerprint density at radius 3 is 2.34 bits per heavy atom. The van der Waals surface area contributed by atoms with Crippen molar-refractivity contribution in [3.8, 4) is 0 Å². The van der Waals surface area contributed by atoms with Crippen molar-refractivity contribution in [3.05, 3.63) is 89.5 Å². The van der Waals surface area contributed by atoms with E-state index in [9.17, 15) is 19.5 Å². The Bertz CT molecular complexity index is 1320. The predicted molar refractivity (Wildman–Crippen MR) is 163 cm³/mol. The first kappa shape index (κ1) is 30.1. The number of benzene rings is 3. The molecule has 0 unspecified atom stereocenters. The maximum atomic E-state index is 13.6. The van der Waals surface area contributed by atoms with E-state index in [-0.39, 0.29) is 12.6 Å². The van der Waals surface area contributed by atoms with Crippen LogP contribution in [0, 0.1) is 0 Å². The fraction of sp³-hybridized carbons (Fsp3) is 0.344. The monoisotopic (exact) mass is 575 g/mol. The number of urea groups is 1. The number of thioether (sulfide) groups is 1. The summed E-state index contributed by atoms with van der Waals surface area (Å²) in [6.07, 6.45) is 4.53. The lowest BCUT2D eigenvalue weighted by atomic mass is 9.84. The molecule has 1 fully saturated rings. The van der Waals surface area contributed by atoms with Crippen LogP contribution in [-0.4, -0.2) is 46.5 Å². The van der Waals surface area contributed by atoms with E-state index in [1.807, 2.05) is 36.4 Å². The number of carbonyl (C=O) groups excluding carboxylic acids is 2. The number of amides is 3. The summed E-state index contributed by atoms with van der Waals surface area (Å²) in [4.78, 5) is 39.6. The molecule has 0 saturated heterocycles. The second kappa shape index (κ2) is 14.7. The third kappa shape index (κ3) is 8.58. The molecule has 1 atom stereocenters. The topological polar surface area (TPSA) is 119 Å². The molecule has 3 aromatic carbocycles. The van der Waals surface area contributed by atoms with Crippen molar-refractivity contribution in [3.63, 3.8) is 0 Å². The van der Waals surface area contributed by atoms with Crippen LogP contribution in [0.4, 0.5) is 16.2 Å². The van der Waals surface area contributed by atoms with Crippen molar-refractivity contribution in [2.75, 3.05) is 22.5 Å². The summed E-state index contributed by atoms with van der Waals surface area (Å²) in [6, 6.07) is 22.5. The number of nitrogens with zero attached hydrogens (tertiary/aromatic N) is 1. The van der Waals surface area contributed by atoms with Gasteiger partial charge in [0.15, 0.2) is 6.10 Å². The Hall–Kier alpha value is -3.82. The Balaban J connectivity index is 1.52. The Morgan fingerprint density at radius 2 is 1.68 bits per heavy atom. The molecular formula is C32H37N3O5S. The van der Waals surface area contributed by atoms with Gasteiger partial charge in [0, 0.05) is 21.8 Å². The van der Waals surface area contributed by atoms with Gasteiger partial charge in [-0.1, -0.05) is 56.5 Å². The van der Waals surface area contributed by atoms with Crippen LogP contribution in [0.1, 0.15) is 66.4 Å². The molecule has 0 aromatic heterocycles. The van der Waals surface area contributed by atoms with Crippen LogP contribution in [0.25, 0.3) is 0 Å². The minimum atomic E-state index is -1.67. The van der Waals surface area contributed by atoms with Gasteiger partial charge in [-0.3, -0.25) is 9.69 Å². The maximum absolute atomic E-state index is 13.6. The van der Waals surface area contributed by atoms with Gasteiger partial charge in [0.05, 0.1) is 13.1 Å². The number of aliphatic hydroxyl groups excluding tert-OH is 1. The molecule has 9 heteroatoms. The van der Waals surface area contributed by atoms with Crippen LogP contribution < -0.4 is 15.5 Å². The van der Waals surface area contributed by atoms with Gasteiger partial charge in [0.25, 0.3) is 5.91 Å². The molecule has 3 amide bonds. The van der Waals surface area contributed by atoms with E-state index in [0.29, 0.717) is 17.2 Å². The van der Waals surface area contributed by atoms with Crippen LogP contribution in [0.15, 0.2) is 77.7 Å². The highest BCUT2D eigenvalue weighted by Gasteiger charge is 2.20. The highest BCUT2D eigenvalue weighted by molar-refractivity contribution is 7.99. The van der Waals surface area contributed by atoms with Crippen molar-refractivity contribution in [2.45, 2.75) is 62.5 Å². The highest BCUT2D eigenvalue weighted by atomic mass is 32.2. The molecule has 41 heavy (non-hydrogen) atoms. The van der Waals surface area contributed by atoms with E-state index in [1.54, 1.807) is 40.9 Å². The van der Waals surface area contributed by atoms with E-state index in [4.69, 9.17) is 5.11 Å². The molecule has 0 radical (unpaired) electrons. The van der Waals surface area contributed by atoms with Crippen LogP contribution in [0.3, 0.4) is 0 Å².